The molecule has 8 nitrogen and oxygen atoms in total. The molecule has 1 amide bonds. The van der Waals surface area contributed by atoms with Crippen LogP contribution in [0.5, 0.6) is 5.75 Å². The first kappa shape index (κ1) is 21.3. The minimum Gasteiger partial charge on any atom is -0.456 e. The number of hydrogen-bond donors (Lipinski definition) is 1. The number of anilines is 1. The molecule has 0 aliphatic rings. The van der Waals surface area contributed by atoms with E-state index in [4.69, 9.17) is 4.74 Å². The Labute approximate surface area is 170 Å². The number of thiophene rings is 1. The van der Waals surface area contributed by atoms with Crippen LogP contribution in [0.15, 0.2) is 46.8 Å². The zero-order valence-corrected chi connectivity index (χ0v) is 16.0. The van der Waals surface area contributed by atoms with E-state index in [0.29, 0.717) is 10.2 Å². The number of nitrogens with one attached hydrogen (secondary N) is 1. The van der Waals surface area contributed by atoms with Crippen LogP contribution in [0.3, 0.4) is 0 Å². The Hall–Kier alpha value is -3.41. The van der Waals surface area contributed by atoms with Crippen LogP contribution in [0, 0.1) is 0 Å². The molecule has 0 fully saturated rings. The van der Waals surface area contributed by atoms with E-state index in [1.807, 2.05) is 0 Å². The number of ether oxygens (including phenoxy) is 2. The Morgan fingerprint density at radius 2 is 1.90 bits per heavy atom. The summed E-state index contributed by atoms with van der Waals surface area (Å²) in [5.41, 5.74) is -0.0722. The molecule has 1 N–H and O–H groups in total. The molecule has 158 valence electrons. The predicted octanol–water partition coefficient (Wildman–Crippen LogP) is 2.93. The highest BCUT2D eigenvalue weighted by molar-refractivity contribution is 7.16. The van der Waals surface area contributed by atoms with E-state index in [0.717, 1.165) is 12.1 Å². The first-order valence-corrected chi connectivity index (χ1v) is 9.33. The number of esters is 1. The average Bonchev–Trinajstić information content (AvgIpc) is 3.16. The Kier molecular flexibility index (Phi) is 6.35. The summed E-state index contributed by atoms with van der Waals surface area (Å²) in [7, 11) is 0. The highest BCUT2D eigenvalue weighted by atomic mass is 32.1. The van der Waals surface area contributed by atoms with E-state index in [1.165, 1.54) is 34.4 Å². The summed E-state index contributed by atoms with van der Waals surface area (Å²) in [4.78, 5) is 40.6. The molecule has 0 radical (unpaired) electrons. The predicted molar refractivity (Wildman–Crippen MR) is 101 cm³/mol. The van der Waals surface area contributed by atoms with Crippen molar-refractivity contribution < 1.29 is 32.2 Å². The second-order valence-electron chi connectivity index (χ2n) is 5.91. The summed E-state index contributed by atoms with van der Waals surface area (Å²) < 4.78 is 46.2. The number of fused-ring (bicyclic) bond motifs is 1. The highest BCUT2D eigenvalue weighted by Crippen LogP contribution is 2.23. The summed E-state index contributed by atoms with van der Waals surface area (Å²) in [6, 6.07) is 6.13. The normalized spacial score (nSPS) is 11.3. The Morgan fingerprint density at radius 1 is 1.17 bits per heavy atom. The number of nitrogens with zero attached hydrogens (tertiary/aromatic N) is 2. The number of halogens is 3. The van der Waals surface area contributed by atoms with E-state index in [1.54, 1.807) is 11.4 Å². The van der Waals surface area contributed by atoms with E-state index < -0.39 is 30.6 Å². The second kappa shape index (κ2) is 8.95. The van der Waals surface area contributed by atoms with Crippen LogP contribution < -0.4 is 15.6 Å². The summed E-state index contributed by atoms with van der Waals surface area (Å²) in [6.07, 6.45) is -3.61. The van der Waals surface area contributed by atoms with Gasteiger partial charge in [-0.15, -0.1) is 24.5 Å². The lowest BCUT2D eigenvalue weighted by Crippen LogP contribution is -2.24. The first-order valence-electron chi connectivity index (χ1n) is 8.45. The summed E-state index contributed by atoms with van der Waals surface area (Å²) >= 11 is 1.33. The number of alkyl halides is 3. The quantitative estimate of drug-likeness (QED) is 0.566. The lowest BCUT2D eigenvalue weighted by atomic mass is 10.3. The monoisotopic (exact) mass is 441 g/mol. The molecule has 0 bridgehead atoms. The zero-order valence-electron chi connectivity index (χ0n) is 15.1. The Bertz CT molecular complexity index is 1110. The standard InChI is InChI=1S/C18H14F3N3O5S/c19-18(20,21)29-12-3-1-11(2-4-12)23-14(25)9-28-15(26)5-7-24-10-22-16-13(17(24)27)6-8-30-16/h1-4,6,8,10H,5,7,9H2,(H,23,25). The number of rotatable bonds is 7. The minimum atomic E-state index is -4.81. The molecule has 2 heterocycles. The second-order valence-corrected chi connectivity index (χ2v) is 6.81. The molecule has 12 heteroatoms. The van der Waals surface area contributed by atoms with Gasteiger partial charge in [0.05, 0.1) is 18.1 Å². The van der Waals surface area contributed by atoms with Crippen molar-refractivity contribution in [2.45, 2.75) is 19.3 Å². The minimum absolute atomic E-state index is 0.0404. The molecule has 3 aromatic rings. The lowest BCUT2D eigenvalue weighted by Gasteiger charge is -2.10. The van der Waals surface area contributed by atoms with Crippen molar-refractivity contribution in [3.8, 4) is 5.75 Å². The van der Waals surface area contributed by atoms with E-state index >= 15 is 0 Å². The average molecular weight is 441 g/mol. The Balaban J connectivity index is 1.44. The van der Waals surface area contributed by atoms with E-state index in [9.17, 15) is 27.6 Å². The van der Waals surface area contributed by atoms with Gasteiger partial charge in [0, 0.05) is 12.2 Å². The van der Waals surface area contributed by atoms with Gasteiger partial charge in [-0.25, -0.2) is 4.98 Å². The number of carbonyl (C=O) groups is 2. The van der Waals surface area contributed by atoms with Gasteiger partial charge in [0.1, 0.15) is 10.6 Å². The molecule has 30 heavy (non-hydrogen) atoms. The van der Waals surface area contributed by atoms with Gasteiger partial charge in [0.25, 0.3) is 11.5 Å². The van der Waals surface area contributed by atoms with Gasteiger partial charge in [-0.2, -0.15) is 0 Å². The van der Waals surface area contributed by atoms with Gasteiger partial charge in [0.2, 0.25) is 0 Å². The molecule has 3 rings (SSSR count). The fraction of sp³-hybridized carbons (Fsp3) is 0.222. The van der Waals surface area contributed by atoms with Crippen molar-refractivity contribution in [2.75, 3.05) is 11.9 Å². The third-order valence-electron chi connectivity index (χ3n) is 3.74. The van der Waals surface area contributed by atoms with Crippen LogP contribution >= 0.6 is 11.3 Å². The van der Waals surface area contributed by atoms with Crippen LogP contribution in [-0.2, 0) is 20.9 Å². The first-order chi connectivity index (χ1) is 14.2. The molecule has 0 saturated carbocycles. The van der Waals surface area contributed by atoms with Crippen molar-refractivity contribution in [2.24, 2.45) is 0 Å². The van der Waals surface area contributed by atoms with Crippen LogP contribution in [0.25, 0.3) is 10.2 Å². The summed E-state index contributed by atoms with van der Waals surface area (Å²) in [5, 5.41) is 4.57. The molecule has 0 unspecified atom stereocenters. The van der Waals surface area contributed by atoms with Gasteiger partial charge in [-0.3, -0.25) is 19.0 Å². The van der Waals surface area contributed by atoms with Crippen LogP contribution in [0.2, 0.25) is 0 Å². The molecular weight excluding hydrogens is 427 g/mol. The SMILES string of the molecule is O=C(COC(=O)CCn1cnc2sccc2c1=O)Nc1ccc(OC(F)(F)F)cc1. The van der Waals surface area contributed by atoms with Gasteiger partial charge in [0.15, 0.2) is 6.61 Å². The van der Waals surface area contributed by atoms with Gasteiger partial charge < -0.3 is 14.8 Å². The number of hydrogen-bond acceptors (Lipinski definition) is 7. The van der Waals surface area contributed by atoms with Crippen molar-refractivity contribution in [3.63, 3.8) is 0 Å². The van der Waals surface area contributed by atoms with Crippen molar-refractivity contribution in [3.05, 3.63) is 52.4 Å². The molecular formula is C18H14F3N3O5S. The topological polar surface area (TPSA) is 99.5 Å². The third-order valence-corrected chi connectivity index (χ3v) is 4.56. The lowest BCUT2D eigenvalue weighted by molar-refractivity contribution is -0.274. The third kappa shape index (κ3) is 5.80. The number of carbonyl (C=O) groups excluding carboxylic acids is 2. The maximum absolute atomic E-state index is 12.2. The largest absolute Gasteiger partial charge is 0.573 e. The number of benzene rings is 1. The van der Waals surface area contributed by atoms with Gasteiger partial charge in [-0.1, -0.05) is 0 Å². The molecule has 0 saturated heterocycles. The molecule has 0 atom stereocenters. The summed E-state index contributed by atoms with van der Waals surface area (Å²) in [5.74, 6) is -1.81. The van der Waals surface area contributed by atoms with Crippen LogP contribution in [0.1, 0.15) is 6.42 Å². The molecule has 2 aromatic heterocycles. The highest BCUT2D eigenvalue weighted by Gasteiger charge is 2.30. The summed E-state index contributed by atoms with van der Waals surface area (Å²) in [6.45, 7) is -0.547. The van der Waals surface area contributed by atoms with Crippen molar-refractivity contribution >= 4 is 39.1 Å². The van der Waals surface area contributed by atoms with Crippen molar-refractivity contribution in [1.82, 2.24) is 9.55 Å². The van der Waals surface area contributed by atoms with Gasteiger partial charge >= 0.3 is 12.3 Å². The molecule has 0 spiro atoms. The number of aromatic nitrogens is 2. The van der Waals surface area contributed by atoms with E-state index in [-0.39, 0.29) is 24.2 Å². The molecule has 1 aromatic carbocycles. The number of amides is 1. The fourth-order valence-electron chi connectivity index (χ4n) is 2.42. The van der Waals surface area contributed by atoms with E-state index in [2.05, 4.69) is 15.0 Å². The number of aryl methyl sites for hydroxylation is 1. The molecule has 0 aliphatic carbocycles. The Morgan fingerprint density at radius 3 is 2.60 bits per heavy atom. The smallest absolute Gasteiger partial charge is 0.456 e. The van der Waals surface area contributed by atoms with Gasteiger partial charge in [-0.05, 0) is 35.7 Å². The maximum Gasteiger partial charge on any atom is 0.573 e. The van der Waals surface area contributed by atoms with Crippen LogP contribution in [-0.4, -0.2) is 34.4 Å². The van der Waals surface area contributed by atoms with Crippen molar-refractivity contribution in [1.29, 1.82) is 0 Å². The maximum atomic E-state index is 12.2. The molecule has 0 aliphatic heterocycles. The van der Waals surface area contributed by atoms with Crippen LogP contribution in [0.4, 0.5) is 18.9 Å². The fourth-order valence-corrected chi connectivity index (χ4v) is 3.14. The zero-order chi connectivity index (χ0) is 21.7.